The zero-order valence-electron chi connectivity index (χ0n) is 11.3. The molecule has 1 amide bonds. The molecular weight excluding hydrogens is 286 g/mol. The van der Waals surface area contributed by atoms with Gasteiger partial charge in [0.05, 0.1) is 17.5 Å². The molecule has 6 heteroatoms. The smallest absolute Gasteiger partial charge is 0.323 e. The van der Waals surface area contributed by atoms with Crippen molar-refractivity contribution in [1.29, 1.82) is 0 Å². The molecule has 0 fully saturated rings. The minimum Gasteiger partial charge on any atom is -0.355 e. The SMILES string of the molecule is O=C(Cc1cccs1)NCCc1ccc2[nH]c(=O)[nH]c2c1. The van der Waals surface area contributed by atoms with Crippen LogP contribution < -0.4 is 11.0 Å². The summed E-state index contributed by atoms with van der Waals surface area (Å²) in [6.45, 7) is 0.588. The summed E-state index contributed by atoms with van der Waals surface area (Å²) in [5, 5.41) is 4.88. The summed E-state index contributed by atoms with van der Waals surface area (Å²) in [6.07, 6.45) is 1.17. The normalized spacial score (nSPS) is 10.9. The molecule has 0 saturated heterocycles. The van der Waals surface area contributed by atoms with Crippen LogP contribution in [0.3, 0.4) is 0 Å². The number of thiophene rings is 1. The second-order valence-corrected chi connectivity index (χ2v) is 5.85. The zero-order chi connectivity index (χ0) is 14.7. The number of amides is 1. The van der Waals surface area contributed by atoms with E-state index in [1.165, 1.54) is 0 Å². The first-order valence-corrected chi connectivity index (χ1v) is 7.59. The van der Waals surface area contributed by atoms with Crippen molar-refractivity contribution in [2.75, 3.05) is 6.54 Å². The molecule has 21 heavy (non-hydrogen) atoms. The van der Waals surface area contributed by atoms with E-state index < -0.39 is 0 Å². The summed E-state index contributed by atoms with van der Waals surface area (Å²) >= 11 is 1.59. The highest BCUT2D eigenvalue weighted by molar-refractivity contribution is 7.10. The number of hydrogen-bond donors (Lipinski definition) is 3. The third kappa shape index (κ3) is 3.41. The molecule has 3 rings (SSSR count). The number of rotatable bonds is 5. The highest BCUT2D eigenvalue weighted by atomic mass is 32.1. The minimum atomic E-state index is -0.202. The van der Waals surface area contributed by atoms with Gasteiger partial charge in [-0.25, -0.2) is 4.79 Å². The number of carbonyl (C=O) groups excluding carboxylic acids is 1. The molecular formula is C15H15N3O2S. The molecule has 3 aromatic rings. The molecule has 0 aliphatic carbocycles. The fourth-order valence-electron chi connectivity index (χ4n) is 2.22. The maximum atomic E-state index is 11.8. The molecule has 2 heterocycles. The Morgan fingerprint density at radius 1 is 1.19 bits per heavy atom. The van der Waals surface area contributed by atoms with Crippen molar-refractivity contribution < 1.29 is 4.79 Å². The summed E-state index contributed by atoms with van der Waals surface area (Å²) in [5.74, 6) is 0.0357. The van der Waals surface area contributed by atoms with Crippen LogP contribution in [0.2, 0.25) is 0 Å². The fraction of sp³-hybridized carbons (Fsp3) is 0.200. The van der Waals surface area contributed by atoms with Crippen molar-refractivity contribution >= 4 is 28.3 Å². The Balaban J connectivity index is 1.54. The number of benzene rings is 1. The summed E-state index contributed by atoms with van der Waals surface area (Å²) < 4.78 is 0. The van der Waals surface area contributed by atoms with Crippen LogP contribution in [-0.2, 0) is 17.6 Å². The van der Waals surface area contributed by atoms with Gasteiger partial charge in [0.1, 0.15) is 0 Å². The molecule has 0 radical (unpaired) electrons. The van der Waals surface area contributed by atoms with Crippen LogP contribution in [-0.4, -0.2) is 22.4 Å². The molecule has 108 valence electrons. The largest absolute Gasteiger partial charge is 0.355 e. The number of nitrogens with one attached hydrogen (secondary N) is 3. The second kappa shape index (κ2) is 5.97. The van der Waals surface area contributed by atoms with Gasteiger partial charge in [0.15, 0.2) is 0 Å². The number of H-pyrrole nitrogens is 2. The summed E-state index contributed by atoms with van der Waals surface area (Å²) in [5.41, 5.74) is 2.47. The van der Waals surface area contributed by atoms with Crippen LogP contribution in [0, 0.1) is 0 Å². The van der Waals surface area contributed by atoms with Crippen molar-refractivity contribution in [3.05, 3.63) is 56.6 Å². The second-order valence-electron chi connectivity index (χ2n) is 4.82. The van der Waals surface area contributed by atoms with E-state index in [0.29, 0.717) is 13.0 Å². The first kappa shape index (κ1) is 13.6. The molecule has 0 atom stereocenters. The van der Waals surface area contributed by atoms with Gasteiger partial charge in [-0.05, 0) is 35.6 Å². The Morgan fingerprint density at radius 3 is 2.86 bits per heavy atom. The van der Waals surface area contributed by atoms with E-state index in [0.717, 1.165) is 27.9 Å². The average molecular weight is 301 g/mol. The molecule has 0 aliphatic rings. The lowest BCUT2D eigenvalue weighted by Gasteiger charge is -2.04. The lowest BCUT2D eigenvalue weighted by molar-refractivity contribution is -0.120. The van der Waals surface area contributed by atoms with E-state index in [9.17, 15) is 9.59 Å². The van der Waals surface area contributed by atoms with Gasteiger partial charge in [-0.2, -0.15) is 0 Å². The number of hydrogen-bond acceptors (Lipinski definition) is 3. The molecule has 0 unspecified atom stereocenters. The van der Waals surface area contributed by atoms with Gasteiger partial charge in [-0.1, -0.05) is 12.1 Å². The van der Waals surface area contributed by atoms with E-state index in [1.807, 2.05) is 35.7 Å². The highest BCUT2D eigenvalue weighted by Crippen LogP contribution is 2.11. The van der Waals surface area contributed by atoms with Crippen molar-refractivity contribution in [2.45, 2.75) is 12.8 Å². The molecule has 0 saturated carbocycles. The Bertz CT molecular complexity index is 802. The Kier molecular flexibility index (Phi) is 3.87. The maximum Gasteiger partial charge on any atom is 0.323 e. The van der Waals surface area contributed by atoms with Crippen molar-refractivity contribution in [3.63, 3.8) is 0 Å². The van der Waals surface area contributed by atoms with Crippen LogP contribution in [0.15, 0.2) is 40.5 Å². The summed E-state index contributed by atoms with van der Waals surface area (Å²) in [7, 11) is 0. The lowest BCUT2D eigenvalue weighted by Crippen LogP contribution is -2.26. The van der Waals surface area contributed by atoms with E-state index in [1.54, 1.807) is 11.3 Å². The van der Waals surface area contributed by atoms with Crippen molar-refractivity contribution in [2.24, 2.45) is 0 Å². The van der Waals surface area contributed by atoms with Crippen molar-refractivity contribution in [3.8, 4) is 0 Å². The Morgan fingerprint density at radius 2 is 2.05 bits per heavy atom. The van der Waals surface area contributed by atoms with Gasteiger partial charge in [0.25, 0.3) is 0 Å². The van der Waals surface area contributed by atoms with Crippen molar-refractivity contribution in [1.82, 2.24) is 15.3 Å². The first-order chi connectivity index (χ1) is 10.2. The zero-order valence-corrected chi connectivity index (χ0v) is 12.1. The first-order valence-electron chi connectivity index (χ1n) is 6.71. The third-order valence-electron chi connectivity index (χ3n) is 3.23. The van der Waals surface area contributed by atoms with Gasteiger partial charge in [0, 0.05) is 11.4 Å². The van der Waals surface area contributed by atoms with Gasteiger partial charge >= 0.3 is 5.69 Å². The minimum absolute atomic E-state index is 0.0357. The molecule has 0 aliphatic heterocycles. The Hall–Kier alpha value is -2.34. The fourth-order valence-corrected chi connectivity index (χ4v) is 2.92. The number of carbonyl (C=O) groups is 1. The third-order valence-corrected chi connectivity index (χ3v) is 4.11. The van der Waals surface area contributed by atoms with Gasteiger partial charge in [0.2, 0.25) is 5.91 Å². The number of aromatic amines is 2. The van der Waals surface area contributed by atoms with Crippen LogP contribution in [0.5, 0.6) is 0 Å². The quantitative estimate of drug-likeness (QED) is 0.672. The monoisotopic (exact) mass is 301 g/mol. The molecule has 0 spiro atoms. The van der Waals surface area contributed by atoms with E-state index in [4.69, 9.17) is 0 Å². The standard InChI is InChI=1S/C15H15N3O2S/c19-14(9-11-2-1-7-21-11)16-6-5-10-3-4-12-13(8-10)18-15(20)17-12/h1-4,7-8H,5-6,9H2,(H,16,19)(H2,17,18,20). The molecule has 2 aromatic heterocycles. The van der Waals surface area contributed by atoms with E-state index in [-0.39, 0.29) is 11.6 Å². The van der Waals surface area contributed by atoms with Crippen LogP contribution in [0.1, 0.15) is 10.4 Å². The molecule has 0 bridgehead atoms. The summed E-state index contributed by atoms with van der Waals surface area (Å²) in [6, 6.07) is 9.66. The van der Waals surface area contributed by atoms with Crippen LogP contribution >= 0.6 is 11.3 Å². The highest BCUT2D eigenvalue weighted by Gasteiger charge is 2.04. The molecule has 1 aromatic carbocycles. The number of fused-ring (bicyclic) bond motifs is 1. The molecule has 3 N–H and O–H groups in total. The van der Waals surface area contributed by atoms with Crippen LogP contribution in [0.4, 0.5) is 0 Å². The van der Waals surface area contributed by atoms with Gasteiger partial charge in [-0.15, -0.1) is 11.3 Å². The maximum absolute atomic E-state index is 11.8. The van der Waals surface area contributed by atoms with Gasteiger partial charge < -0.3 is 15.3 Å². The number of imidazole rings is 1. The van der Waals surface area contributed by atoms with E-state index >= 15 is 0 Å². The van der Waals surface area contributed by atoms with Crippen LogP contribution in [0.25, 0.3) is 11.0 Å². The Labute approximate surface area is 125 Å². The van der Waals surface area contributed by atoms with E-state index in [2.05, 4.69) is 15.3 Å². The summed E-state index contributed by atoms with van der Waals surface area (Å²) in [4.78, 5) is 29.5. The average Bonchev–Trinajstić information content (AvgIpc) is 3.06. The number of aromatic nitrogens is 2. The lowest BCUT2D eigenvalue weighted by atomic mass is 10.1. The molecule has 5 nitrogen and oxygen atoms in total. The topological polar surface area (TPSA) is 77.8 Å². The predicted molar refractivity (Wildman–Crippen MR) is 83.7 cm³/mol. The van der Waals surface area contributed by atoms with Gasteiger partial charge in [-0.3, -0.25) is 4.79 Å². The predicted octanol–water partition coefficient (Wildman–Crippen LogP) is 1.82.